The molecule has 1 amide bonds. The minimum Gasteiger partial charge on any atom is -0.465 e. The number of amides is 1. The Labute approximate surface area is 137 Å². The van der Waals surface area contributed by atoms with Gasteiger partial charge in [-0.15, -0.1) is 0 Å². The molecule has 2 aromatic carbocycles. The summed E-state index contributed by atoms with van der Waals surface area (Å²) in [6.45, 7) is -0.101. The van der Waals surface area contributed by atoms with Crippen molar-refractivity contribution in [3.8, 4) is 0 Å². The molecule has 5 nitrogen and oxygen atoms in total. The Kier molecular flexibility index (Phi) is 5.54. The lowest BCUT2D eigenvalue weighted by Crippen LogP contribution is -2.22. The van der Waals surface area contributed by atoms with Gasteiger partial charge < -0.3 is 15.4 Å². The van der Waals surface area contributed by atoms with Crippen molar-refractivity contribution < 1.29 is 18.7 Å². The molecule has 0 unspecified atom stereocenters. The zero-order valence-corrected chi connectivity index (χ0v) is 13.0. The molecule has 0 aromatic heterocycles. The number of halogens is 2. The average molecular weight is 337 g/mol. The van der Waals surface area contributed by atoms with Gasteiger partial charge in [-0.2, -0.15) is 0 Å². The van der Waals surface area contributed by atoms with Crippen LogP contribution in [0.15, 0.2) is 42.5 Å². The highest BCUT2D eigenvalue weighted by atomic mass is 35.5. The van der Waals surface area contributed by atoms with E-state index >= 15 is 0 Å². The fourth-order valence-electron chi connectivity index (χ4n) is 1.84. The fraction of sp³-hybridized carbons (Fsp3) is 0.125. The molecule has 0 atom stereocenters. The van der Waals surface area contributed by atoms with Crippen molar-refractivity contribution in [3.05, 3.63) is 58.9 Å². The van der Waals surface area contributed by atoms with Gasteiger partial charge in [-0.3, -0.25) is 4.79 Å². The Balaban J connectivity index is 1.99. The predicted octanol–water partition coefficient (Wildman–Crippen LogP) is 3.32. The summed E-state index contributed by atoms with van der Waals surface area (Å²) in [5.74, 6) is -1.51. The molecule has 2 N–H and O–H groups in total. The lowest BCUT2D eigenvalue weighted by atomic mass is 10.2. The Hall–Kier alpha value is -2.60. The van der Waals surface area contributed by atoms with E-state index in [-0.39, 0.29) is 22.8 Å². The quantitative estimate of drug-likeness (QED) is 0.822. The molecule has 2 rings (SSSR count). The topological polar surface area (TPSA) is 67.4 Å². The van der Waals surface area contributed by atoms with Crippen LogP contribution in [0.5, 0.6) is 0 Å². The number of hydrogen-bond acceptors (Lipinski definition) is 4. The number of methoxy groups -OCH3 is 1. The second-order valence-electron chi connectivity index (χ2n) is 4.57. The molecular weight excluding hydrogens is 323 g/mol. The number of para-hydroxylation sites is 1. The van der Waals surface area contributed by atoms with Gasteiger partial charge in [0.05, 0.1) is 29.9 Å². The van der Waals surface area contributed by atoms with E-state index in [4.69, 9.17) is 11.6 Å². The number of rotatable bonds is 5. The number of esters is 1. The lowest BCUT2D eigenvalue weighted by Gasteiger charge is -2.10. The minimum atomic E-state index is -0.575. The lowest BCUT2D eigenvalue weighted by molar-refractivity contribution is -0.114. The molecule has 0 aliphatic heterocycles. The Morgan fingerprint density at radius 1 is 1.22 bits per heavy atom. The molecule has 0 fully saturated rings. The van der Waals surface area contributed by atoms with E-state index in [1.807, 2.05) is 0 Å². The van der Waals surface area contributed by atoms with Gasteiger partial charge in [-0.05, 0) is 30.3 Å². The molecule has 0 heterocycles. The van der Waals surface area contributed by atoms with E-state index in [9.17, 15) is 14.0 Å². The van der Waals surface area contributed by atoms with Gasteiger partial charge >= 0.3 is 5.97 Å². The van der Waals surface area contributed by atoms with Crippen molar-refractivity contribution >= 4 is 34.9 Å². The second-order valence-corrected chi connectivity index (χ2v) is 4.97. The van der Waals surface area contributed by atoms with E-state index in [1.54, 1.807) is 12.1 Å². The van der Waals surface area contributed by atoms with Crippen molar-refractivity contribution in [1.29, 1.82) is 0 Å². The van der Waals surface area contributed by atoms with Crippen LogP contribution in [-0.2, 0) is 9.53 Å². The minimum absolute atomic E-state index is 0.101. The molecule has 0 bridgehead atoms. The fourth-order valence-corrected chi connectivity index (χ4v) is 2.04. The maximum Gasteiger partial charge on any atom is 0.339 e. The summed E-state index contributed by atoms with van der Waals surface area (Å²) < 4.78 is 18.1. The van der Waals surface area contributed by atoms with Crippen LogP contribution in [0, 0.1) is 5.82 Å². The molecule has 0 saturated carbocycles. The van der Waals surface area contributed by atoms with Gasteiger partial charge in [0.15, 0.2) is 0 Å². The molecule has 0 aliphatic carbocycles. The van der Waals surface area contributed by atoms with Gasteiger partial charge in [0, 0.05) is 5.69 Å². The van der Waals surface area contributed by atoms with Crippen LogP contribution in [0.3, 0.4) is 0 Å². The molecule has 0 radical (unpaired) electrons. The van der Waals surface area contributed by atoms with Crippen LogP contribution in [-0.4, -0.2) is 25.5 Å². The number of anilines is 2. The summed E-state index contributed by atoms with van der Waals surface area (Å²) >= 11 is 5.91. The largest absolute Gasteiger partial charge is 0.465 e. The summed E-state index contributed by atoms with van der Waals surface area (Å²) in [6, 6.07) is 10.5. The first-order chi connectivity index (χ1) is 11.0. The van der Waals surface area contributed by atoms with E-state index < -0.39 is 17.7 Å². The van der Waals surface area contributed by atoms with Gasteiger partial charge in [-0.1, -0.05) is 23.7 Å². The number of nitrogens with one attached hydrogen (secondary N) is 2. The first kappa shape index (κ1) is 16.8. The van der Waals surface area contributed by atoms with E-state index in [1.165, 1.54) is 37.4 Å². The number of carbonyl (C=O) groups is 2. The average Bonchev–Trinajstić information content (AvgIpc) is 2.55. The summed E-state index contributed by atoms with van der Waals surface area (Å²) in [6.07, 6.45) is 0. The third-order valence-corrected chi connectivity index (χ3v) is 3.30. The molecule has 0 aliphatic rings. The standard InChI is InChI=1S/C16H14ClFN2O3/c1-23-16(22)11-8-10(6-7-12(11)17)19-9-15(21)20-14-5-3-2-4-13(14)18/h2-8,19H,9H2,1H3,(H,20,21). The highest BCUT2D eigenvalue weighted by Gasteiger charge is 2.12. The number of hydrogen-bond donors (Lipinski definition) is 2. The number of carbonyl (C=O) groups excluding carboxylic acids is 2. The Morgan fingerprint density at radius 2 is 1.96 bits per heavy atom. The summed E-state index contributed by atoms with van der Waals surface area (Å²) in [5.41, 5.74) is 0.804. The third-order valence-electron chi connectivity index (χ3n) is 2.97. The van der Waals surface area contributed by atoms with Crippen molar-refractivity contribution in [3.63, 3.8) is 0 Å². The van der Waals surface area contributed by atoms with E-state index in [2.05, 4.69) is 15.4 Å². The van der Waals surface area contributed by atoms with Gasteiger partial charge in [0.25, 0.3) is 0 Å². The first-order valence-corrected chi connectivity index (χ1v) is 7.05. The van der Waals surface area contributed by atoms with Crippen LogP contribution in [0.1, 0.15) is 10.4 Å². The molecule has 120 valence electrons. The van der Waals surface area contributed by atoms with Gasteiger partial charge in [0.1, 0.15) is 5.82 Å². The van der Waals surface area contributed by atoms with Gasteiger partial charge in [0.2, 0.25) is 5.91 Å². The summed E-state index contributed by atoms with van der Waals surface area (Å²) in [5, 5.41) is 5.52. The number of benzene rings is 2. The molecule has 2 aromatic rings. The molecular formula is C16H14ClFN2O3. The zero-order chi connectivity index (χ0) is 16.8. The maximum absolute atomic E-state index is 13.4. The van der Waals surface area contributed by atoms with Crippen molar-refractivity contribution in [2.75, 3.05) is 24.3 Å². The van der Waals surface area contributed by atoms with Crippen molar-refractivity contribution in [1.82, 2.24) is 0 Å². The molecule has 0 saturated heterocycles. The SMILES string of the molecule is COC(=O)c1cc(NCC(=O)Nc2ccccc2F)ccc1Cl. The smallest absolute Gasteiger partial charge is 0.339 e. The predicted molar refractivity (Wildman–Crippen MR) is 86.3 cm³/mol. The Bertz CT molecular complexity index is 737. The Morgan fingerprint density at radius 3 is 2.65 bits per heavy atom. The molecule has 23 heavy (non-hydrogen) atoms. The summed E-state index contributed by atoms with van der Waals surface area (Å²) in [4.78, 5) is 23.4. The van der Waals surface area contributed by atoms with Crippen LogP contribution < -0.4 is 10.6 Å². The normalized spacial score (nSPS) is 10.0. The summed E-state index contributed by atoms with van der Waals surface area (Å²) in [7, 11) is 1.25. The van der Waals surface area contributed by atoms with Crippen LogP contribution in [0.2, 0.25) is 5.02 Å². The van der Waals surface area contributed by atoms with Crippen LogP contribution >= 0.6 is 11.6 Å². The highest BCUT2D eigenvalue weighted by molar-refractivity contribution is 6.33. The van der Waals surface area contributed by atoms with E-state index in [0.29, 0.717) is 5.69 Å². The third kappa shape index (κ3) is 4.43. The van der Waals surface area contributed by atoms with Crippen LogP contribution in [0.4, 0.5) is 15.8 Å². The first-order valence-electron chi connectivity index (χ1n) is 6.67. The second kappa shape index (κ2) is 7.60. The van der Waals surface area contributed by atoms with E-state index in [0.717, 1.165) is 0 Å². The molecule has 7 heteroatoms. The monoisotopic (exact) mass is 336 g/mol. The van der Waals surface area contributed by atoms with Crippen molar-refractivity contribution in [2.45, 2.75) is 0 Å². The van der Waals surface area contributed by atoms with Crippen molar-refractivity contribution in [2.24, 2.45) is 0 Å². The molecule has 0 spiro atoms. The highest BCUT2D eigenvalue weighted by Crippen LogP contribution is 2.21. The van der Waals surface area contributed by atoms with Gasteiger partial charge in [-0.25, -0.2) is 9.18 Å². The number of ether oxygens (including phenoxy) is 1. The maximum atomic E-state index is 13.4. The zero-order valence-electron chi connectivity index (χ0n) is 12.2. The van der Waals surface area contributed by atoms with Crippen LogP contribution in [0.25, 0.3) is 0 Å².